The third kappa shape index (κ3) is 5.02. The maximum Gasteiger partial charge on any atom is 0.298 e. The Bertz CT molecular complexity index is 1180. The molecule has 1 saturated heterocycles. The molecule has 0 aromatic heterocycles. The Balaban J connectivity index is 1.55. The highest BCUT2D eigenvalue weighted by Crippen LogP contribution is 2.38. The lowest BCUT2D eigenvalue weighted by Gasteiger charge is -2.12. The van der Waals surface area contributed by atoms with Crippen molar-refractivity contribution in [3.05, 3.63) is 96.6 Å². The molecule has 2 amide bonds. The lowest BCUT2D eigenvalue weighted by Crippen LogP contribution is -2.27. The molecule has 0 atom stereocenters. The average molecular weight is 610 g/mol. The number of para-hydroxylation sites is 1. The van der Waals surface area contributed by atoms with Crippen molar-refractivity contribution in [2.24, 2.45) is 0 Å². The second-order valence-corrected chi connectivity index (χ2v) is 9.59. The number of rotatable bonds is 5. The summed E-state index contributed by atoms with van der Waals surface area (Å²) < 4.78 is 20.7. The molecule has 156 valence electrons. The minimum atomic E-state index is -0.348. The van der Waals surface area contributed by atoms with E-state index in [1.54, 1.807) is 42.5 Å². The van der Waals surface area contributed by atoms with Gasteiger partial charge in [-0.3, -0.25) is 9.59 Å². The zero-order valence-electron chi connectivity index (χ0n) is 15.8. The van der Waals surface area contributed by atoms with Gasteiger partial charge in [0.15, 0.2) is 0 Å². The van der Waals surface area contributed by atoms with Crippen LogP contribution in [-0.4, -0.2) is 11.1 Å². The van der Waals surface area contributed by atoms with Gasteiger partial charge >= 0.3 is 0 Å². The molecule has 0 N–H and O–H groups in total. The van der Waals surface area contributed by atoms with E-state index in [0.717, 1.165) is 26.5 Å². The van der Waals surface area contributed by atoms with Crippen molar-refractivity contribution in [3.8, 4) is 5.75 Å². The van der Waals surface area contributed by atoms with E-state index < -0.39 is 0 Å². The molecule has 4 nitrogen and oxygen atoms in total. The van der Waals surface area contributed by atoms with Gasteiger partial charge in [0.1, 0.15) is 18.2 Å². The predicted molar refractivity (Wildman–Crippen MR) is 132 cm³/mol. The molecule has 0 unspecified atom stereocenters. The fourth-order valence-electron chi connectivity index (χ4n) is 3.00. The molecule has 8 heteroatoms. The molecule has 0 bridgehead atoms. The van der Waals surface area contributed by atoms with Gasteiger partial charge in [-0.25, -0.2) is 9.29 Å². The first-order chi connectivity index (χ1) is 14.9. The summed E-state index contributed by atoms with van der Waals surface area (Å²) in [5, 5.41) is -0.328. The summed E-state index contributed by atoms with van der Waals surface area (Å²) in [4.78, 5) is 26.7. The highest BCUT2D eigenvalue weighted by atomic mass is 127. The largest absolute Gasteiger partial charge is 0.487 e. The van der Waals surface area contributed by atoms with Crippen molar-refractivity contribution in [2.45, 2.75) is 6.61 Å². The molecule has 3 aromatic rings. The Hall–Kier alpha value is -2.17. The van der Waals surface area contributed by atoms with Crippen molar-refractivity contribution in [1.29, 1.82) is 0 Å². The number of nitrogens with zero attached hydrogens (tertiary/aromatic N) is 1. The van der Waals surface area contributed by atoms with Crippen LogP contribution >= 0.6 is 50.3 Å². The van der Waals surface area contributed by atoms with Gasteiger partial charge in [-0.2, -0.15) is 0 Å². The molecule has 4 rings (SSSR count). The number of amides is 2. The Labute approximate surface area is 204 Å². The lowest BCUT2D eigenvalue weighted by atomic mass is 10.2. The van der Waals surface area contributed by atoms with Crippen molar-refractivity contribution in [2.75, 3.05) is 4.90 Å². The Morgan fingerprint density at radius 2 is 1.84 bits per heavy atom. The topological polar surface area (TPSA) is 46.6 Å². The number of ether oxygens (including phenoxy) is 1. The normalized spacial score (nSPS) is 15.1. The molecule has 0 radical (unpaired) electrons. The first-order valence-corrected chi connectivity index (χ1v) is 11.8. The summed E-state index contributed by atoms with van der Waals surface area (Å²) in [6.45, 7) is 0.224. The van der Waals surface area contributed by atoms with E-state index >= 15 is 0 Å². The van der Waals surface area contributed by atoms with E-state index in [4.69, 9.17) is 4.74 Å². The number of hydrogen-bond acceptors (Lipinski definition) is 4. The van der Waals surface area contributed by atoms with Crippen molar-refractivity contribution < 1.29 is 18.7 Å². The summed E-state index contributed by atoms with van der Waals surface area (Å²) >= 11 is 6.56. The molecule has 0 saturated carbocycles. The summed E-state index contributed by atoms with van der Waals surface area (Å²) in [5.41, 5.74) is 2.03. The highest BCUT2D eigenvalue weighted by molar-refractivity contribution is 14.1. The van der Waals surface area contributed by atoms with Gasteiger partial charge in [-0.15, -0.1) is 0 Å². The van der Waals surface area contributed by atoms with Crippen LogP contribution in [0.15, 0.2) is 76.1 Å². The number of anilines is 1. The van der Waals surface area contributed by atoms with Gasteiger partial charge in [0.05, 0.1) is 18.6 Å². The van der Waals surface area contributed by atoms with Gasteiger partial charge in [-0.05, 0) is 104 Å². The number of carbonyl (C=O) groups is 2. The van der Waals surface area contributed by atoms with Crippen molar-refractivity contribution in [3.63, 3.8) is 0 Å². The van der Waals surface area contributed by atoms with Crippen LogP contribution in [0.5, 0.6) is 5.75 Å². The van der Waals surface area contributed by atoms with Gasteiger partial charge in [0, 0.05) is 0 Å². The molecule has 0 aliphatic carbocycles. The zero-order chi connectivity index (χ0) is 22.0. The molecule has 1 aliphatic heterocycles. The third-order valence-electron chi connectivity index (χ3n) is 4.40. The van der Waals surface area contributed by atoms with Crippen LogP contribution in [0, 0.1) is 9.39 Å². The van der Waals surface area contributed by atoms with Crippen molar-refractivity contribution >= 4 is 73.2 Å². The minimum Gasteiger partial charge on any atom is -0.487 e. The lowest BCUT2D eigenvalue weighted by molar-refractivity contribution is -0.113. The molecule has 31 heavy (non-hydrogen) atoms. The molecule has 0 spiro atoms. The van der Waals surface area contributed by atoms with Crippen LogP contribution in [0.4, 0.5) is 14.9 Å². The van der Waals surface area contributed by atoms with Crippen LogP contribution in [0.2, 0.25) is 0 Å². The Kier molecular flexibility index (Phi) is 6.78. The molecule has 1 fully saturated rings. The van der Waals surface area contributed by atoms with E-state index in [-0.39, 0.29) is 23.6 Å². The number of benzene rings is 3. The quantitative estimate of drug-likeness (QED) is 0.231. The Morgan fingerprint density at radius 3 is 2.55 bits per heavy atom. The summed E-state index contributed by atoms with van der Waals surface area (Å²) in [6, 6.07) is 18.8. The molecule has 1 heterocycles. The van der Waals surface area contributed by atoms with E-state index in [9.17, 15) is 14.0 Å². The summed E-state index contributed by atoms with van der Waals surface area (Å²) in [6.07, 6.45) is 1.69. The predicted octanol–water partition coefficient (Wildman–Crippen LogP) is 7.01. The van der Waals surface area contributed by atoms with Gasteiger partial charge in [0.2, 0.25) is 0 Å². The second-order valence-electron chi connectivity index (χ2n) is 6.58. The van der Waals surface area contributed by atoms with Gasteiger partial charge in [-0.1, -0.05) is 30.3 Å². The van der Waals surface area contributed by atoms with E-state index in [0.29, 0.717) is 20.8 Å². The maximum atomic E-state index is 13.4. The molecular weight excluding hydrogens is 596 g/mol. The summed E-state index contributed by atoms with van der Waals surface area (Å²) in [7, 11) is 0. The number of hydrogen-bond donors (Lipinski definition) is 0. The maximum absolute atomic E-state index is 13.4. The Morgan fingerprint density at radius 1 is 1.06 bits per heavy atom. The van der Waals surface area contributed by atoms with Crippen LogP contribution in [-0.2, 0) is 11.4 Å². The van der Waals surface area contributed by atoms with Crippen LogP contribution in [0.25, 0.3) is 6.08 Å². The standard InChI is InChI=1S/C23H14BrFINO3S/c24-18-10-15(11-19(26)21(18)30-13-14-5-4-6-16(25)9-14)12-20-22(28)27(23(29)31-20)17-7-2-1-3-8-17/h1-12H,13H2/b20-12-. The number of carbonyl (C=O) groups excluding carboxylic acids is 2. The number of thioether (sulfide) groups is 1. The smallest absolute Gasteiger partial charge is 0.298 e. The van der Waals surface area contributed by atoms with Gasteiger partial charge < -0.3 is 4.74 Å². The fourth-order valence-corrected chi connectivity index (χ4v) is 5.61. The van der Waals surface area contributed by atoms with E-state index in [1.165, 1.54) is 17.0 Å². The van der Waals surface area contributed by atoms with Crippen molar-refractivity contribution in [1.82, 2.24) is 0 Å². The monoisotopic (exact) mass is 609 g/mol. The SMILES string of the molecule is O=C1S/C(=C\c2cc(Br)c(OCc3cccc(F)c3)c(I)c2)C(=O)N1c1ccccc1. The number of halogens is 3. The van der Waals surface area contributed by atoms with Crippen LogP contribution in [0.1, 0.15) is 11.1 Å². The van der Waals surface area contributed by atoms with Crippen LogP contribution < -0.4 is 9.64 Å². The third-order valence-corrected chi connectivity index (χ3v) is 6.66. The van der Waals surface area contributed by atoms with Crippen LogP contribution in [0.3, 0.4) is 0 Å². The van der Waals surface area contributed by atoms with E-state index in [2.05, 4.69) is 38.5 Å². The fraction of sp³-hybridized carbons (Fsp3) is 0.0435. The molecule has 3 aromatic carbocycles. The van der Waals surface area contributed by atoms with Gasteiger partial charge in [0.25, 0.3) is 11.1 Å². The summed E-state index contributed by atoms with van der Waals surface area (Å²) in [5.74, 6) is -0.0344. The molecule has 1 aliphatic rings. The first kappa shape index (κ1) is 22.0. The zero-order valence-corrected chi connectivity index (χ0v) is 20.4. The number of imide groups is 1. The highest BCUT2D eigenvalue weighted by Gasteiger charge is 2.36. The second kappa shape index (κ2) is 9.54. The van der Waals surface area contributed by atoms with E-state index in [1.807, 2.05) is 18.2 Å². The first-order valence-electron chi connectivity index (χ1n) is 9.11. The average Bonchev–Trinajstić information content (AvgIpc) is 3.01. The minimum absolute atomic E-state index is 0.224. The molecular formula is C23H14BrFINO3S.